The average molecular weight is 227 g/mol. The van der Waals surface area contributed by atoms with E-state index in [0.29, 0.717) is 19.3 Å². The van der Waals surface area contributed by atoms with Crippen molar-refractivity contribution in [2.75, 3.05) is 53.5 Å². The van der Waals surface area contributed by atoms with Gasteiger partial charge in [-0.05, 0) is 20.5 Å². The molecular formula is C11H21N3O2. The SMILES string of the molecule is CN(C)C1CCN(C(=O)N2CCOCC2)C1. The van der Waals surface area contributed by atoms with Crippen LogP contribution in [-0.2, 0) is 4.74 Å². The molecule has 2 heterocycles. The quantitative estimate of drug-likeness (QED) is 0.636. The first-order valence-electron chi connectivity index (χ1n) is 5.96. The van der Waals surface area contributed by atoms with Gasteiger partial charge in [-0.1, -0.05) is 0 Å². The minimum Gasteiger partial charge on any atom is -0.378 e. The third-order valence-corrected chi connectivity index (χ3v) is 3.45. The van der Waals surface area contributed by atoms with Crippen LogP contribution in [0.4, 0.5) is 4.79 Å². The van der Waals surface area contributed by atoms with E-state index in [9.17, 15) is 4.79 Å². The number of rotatable bonds is 1. The van der Waals surface area contributed by atoms with Crippen LogP contribution in [0.1, 0.15) is 6.42 Å². The second-order valence-electron chi connectivity index (χ2n) is 4.73. The van der Waals surface area contributed by atoms with Gasteiger partial charge in [0.2, 0.25) is 0 Å². The predicted octanol–water partition coefficient (Wildman–Crippen LogP) is 0.0745. The summed E-state index contributed by atoms with van der Waals surface area (Å²) < 4.78 is 5.25. The summed E-state index contributed by atoms with van der Waals surface area (Å²) in [7, 11) is 4.15. The van der Waals surface area contributed by atoms with E-state index >= 15 is 0 Å². The first-order chi connectivity index (χ1) is 7.68. The maximum Gasteiger partial charge on any atom is 0.320 e. The number of carbonyl (C=O) groups excluding carboxylic acids is 1. The highest BCUT2D eigenvalue weighted by Crippen LogP contribution is 2.15. The summed E-state index contributed by atoms with van der Waals surface area (Å²) in [6.07, 6.45) is 1.09. The van der Waals surface area contributed by atoms with Crippen LogP contribution in [0.5, 0.6) is 0 Å². The first kappa shape index (κ1) is 11.7. The Morgan fingerprint density at radius 3 is 2.44 bits per heavy atom. The van der Waals surface area contributed by atoms with Crippen LogP contribution in [0.3, 0.4) is 0 Å². The number of urea groups is 1. The van der Waals surface area contributed by atoms with Crippen molar-refractivity contribution in [1.29, 1.82) is 0 Å². The van der Waals surface area contributed by atoms with Crippen molar-refractivity contribution >= 4 is 6.03 Å². The zero-order valence-electron chi connectivity index (χ0n) is 10.2. The van der Waals surface area contributed by atoms with Crippen molar-refractivity contribution < 1.29 is 9.53 Å². The van der Waals surface area contributed by atoms with Crippen LogP contribution in [0.2, 0.25) is 0 Å². The topological polar surface area (TPSA) is 36.0 Å². The monoisotopic (exact) mass is 227 g/mol. The summed E-state index contributed by atoms with van der Waals surface area (Å²) in [4.78, 5) is 18.2. The summed E-state index contributed by atoms with van der Waals surface area (Å²) in [5, 5.41) is 0. The molecule has 0 spiro atoms. The highest BCUT2D eigenvalue weighted by molar-refractivity contribution is 5.75. The Labute approximate surface area is 96.9 Å². The molecule has 2 saturated heterocycles. The Kier molecular flexibility index (Phi) is 3.66. The standard InChI is InChI=1S/C11H21N3O2/c1-12(2)10-3-4-14(9-10)11(15)13-5-7-16-8-6-13/h10H,3-9H2,1-2H3. The molecular weight excluding hydrogens is 206 g/mol. The van der Waals surface area contributed by atoms with Gasteiger partial charge in [0, 0.05) is 32.2 Å². The van der Waals surface area contributed by atoms with Crippen molar-refractivity contribution in [1.82, 2.24) is 14.7 Å². The number of likely N-dealkylation sites (N-methyl/N-ethyl adjacent to an activating group) is 1. The van der Waals surface area contributed by atoms with Crippen molar-refractivity contribution in [2.24, 2.45) is 0 Å². The van der Waals surface area contributed by atoms with E-state index in [1.165, 1.54) is 0 Å². The molecule has 0 aliphatic carbocycles. The molecule has 0 aromatic carbocycles. The van der Waals surface area contributed by atoms with Crippen LogP contribution >= 0.6 is 0 Å². The number of amides is 2. The Morgan fingerprint density at radius 2 is 1.88 bits per heavy atom. The molecule has 0 radical (unpaired) electrons. The van der Waals surface area contributed by atoms with Gasteiger partial charge < -0.3 is 19.4 Å². The third-order valence-electron chi connectivity index (χ3n) is 3.45. The molecule has 2 aliphatic heterocycles. The van der Waals surface area contributed by atoms with Crippen LogP contribution in [0.15, 0.2) is 0 Å². The molecule has 5 nitrogen and oxygen atoms in total. The van der Waals surface area contributed by atoms with Gasteiger partial charge in [-0.15, -0.1) is 0 Å². The molecule has 16 heavy (non-hydrogen) atoms. The lowest BCUT2D eigenvalue weighted by molar-refractivity contribution is 0.0447. The normalized spacial score (nSPS) is 26.6. The molecule has 0 aromatic heterocycles. The molecule has 0 saturated carbocycles. The van der Waals surface area contributed by atoms with E-state index in [0.717, 1.165) is 32.6 Å². The molecule has 92 valence electrons. The molecule has 2 fully saturated rings. The van der Waals surface area contributed by atoms with Gasteiger partial charge in [0.1, 0.15) is 0 Å². The second kappa shape index (κ2) is 5.01. The molecule has 1 unspecified atom stereocenters. The zero-order chi connectivity index (χ0) is 11.5. The van der Waals surface area contributed by atoms with Gasteiger partial charge in [0.05, 0.1) is 13.2 Å². The average Bonchev–Trinajstić information content (AvgIpc) is 2.78. The fourth-order valence-electron chi connectivity index (χ4n) is 2.29. The van der Waals surface area contributed by atoms with E-state index in [-0.39, 0.29) is 6.03 Å². The fourth-order valence-corrected chi connectivity index (χ4v) is 2.29. The van der Waals surface area contributed by atoms with Gasteiger partial charge >= 0.3 is 6.03 Å². The van der Waals surface area contributed by atoms with Gasteiger partial charge in [0.15, 0.2) is 0 Å². The lowest BCUT2D eigenvalue weighted by atomic mass is 10.2. The number of hydrogen-bond acceptors (Lipinski definition) is 3. The van der Waals surface area contributed by atoms with E-state index in [1.807, 2.05) is 9.80 Å². The van der Waals surface area contributed by atoms with Crippen LogP contribution < -0.4 is 0 Å². The first-order valence-corrected chi connectivity index (χ1v) is 5.96. The minimum absolute atomic E-state index is 0.188. The molecule has 0 bridgehead atoms. The molecule has 0 N–H and O–H groups in total. The van der Waals surface area contributed by atoms with Gasteiger partial charge in [-0.2, -0.15) is 0 Å². The number of nitrogens with zero attached hydrogens (tertiary/aromatic N) is 3. The maximum atomic E-state index is 12.1. The number of morpholine rings is 1. The maximum absolute atomic E-state index is 12.1. The van der Waals surface area contributed by atoms with Crippen LogP contribution in [-0.4, -0.2) is 80.3 Å². The smallest absolute Gasteiger partial charge is 0.320 e. The summed E-state index contributed by atoms with van der Waals surface area (Å²) in [6, 6.07) is 0.706. The largest absolute Gasteiger partial charge is 0.378 e. The number of carbonyl (C=O) groups is 1. The van der Waals surface area contributed by atoms with E-state index in [1.54, 1.807) is 0 Å². The minimum atomic E-state index is 0.188. The highest BCUT2D eigenvalue weighted by Gasteiger charge is 2.30. The molecule has 0 aromatic rings. The molecule has 2 amide bonds. The van der Waals surface area contributed by atoms with Crippen molar-refractivity contribution in [3.8, 4) is 0 Å². The highest BCUT2D eigenvalue weighted by atomic mass is 16.5. The van der Waals surface area contributed by atoms with Gasteiger partial charge in [0.25, 0.3) is 0 Å². The Bertz CT molecular complexity index is 252. The van der Waals surface area contributed by atoms with Gasteiger partial charge in [-0.3, -0.25) is 0 Å². The fraction of sp³-hybridized carbons (Fsp3) is 0.909. The molecule has 2 rings (SSSR count). The van der Waals surface area contributed by atoms with E-state index in [4.69, 9.17) is 4.74 Å². The van der Waals surface area contributed by atoms with Crippen LogP contribution in [0, 0.1) is 0 Å². The number of hydrogen-bond donors (Lipinski definition) is 0. The number of likely N-dealkylation sites (tertiary alicyclic amines) is 1. The second-order valence-corrected chi connectivity index (χ2v) is 4.73. The van der Waals surface area contributed by atoms with E-state index in [2.05, 4.69) is 19.0 Å². The summed E-state index contributed by atoms with van der Waals surface area (Å²) in [6.45, 7) is 4.58. The molecule has 2 aliphatic rings. The van der Waals surface area contributed by atoms with Crippen molar-refractivity contribution in [3.05, 3.63) is 0 Å². The summed E-state index contributed by atoms with van der Waals surface area (Å²) in [5.74, 6) is 0. The van der Waals surface area contributed by atoms with Crippen LogP contribution in [0.25, 0.3) is 0 Å². The van der Waals surface area contributed by atoms with Crippen molar-refractivity contribution in [2.45, 2.75) is 12.5 Å². The summed E-state index contributed by atoms with van der Waals surface area (Å²) >= 11 is 0. The summed E-state index contributed by atoms with van der Waals surface area (Å²) in [5.41, 5.74) is 0. The lowest BCUT2D eigenvalue weighted by Crippen LogP contribution is -2.48. The lowest BCUT2D eigenvalue weighted by Gasteiger charge is -2.31. The Hall–Kier alpha value is -0.810. The third kappa shape index (κ3) is 2.47. The van der Waals surface area contributed by atoms with E-state index < -0.39 is 0 Å². The predicted molar refractivity (Wildman–Crippen MR) is 61.5 cm³/mol. The van der Waals surface area contributed by atoms with Crippen molar-refractivity contribution in [3.63, 3.8) is 0 Å². The molecule has 5 heteroatoms. The number of ether oxygens (including phenoxy) is 1. The van der Waals surface area contributed by atoms with Gasteiger partial charge in [-0.25, -0.2) is 4.79 Å². The molecule has 1 atom stereocenters. The Morgan fingerprint density at radius 1 is 1.19 bits per heavy atom. The Balaban J connectivity index is 1.86. The zero-order valence-corrected chi connectivity index (χ0v) is 10.2.